The molecule has 0 aliphatic rings. The molecule has 0 saturated heterocycles. The van der Waals surface area contributed by atoms with Crippen LogP contribution in [0.15, 0.2) is 41.6 Å². The summed E-state index contributed by atoms with van der Waals surface area (Å²) in [4.78, 5) is 25.7. The quantitative estimate of drug-likeness (QED) is 0.488. The fourth-order valence-electron chi connectivity index (χ4n) is 1.70. The van der Waals surface area contributed by atoms with Crippen LogP contribution in [0.1, 0.15) is 16.1 Å². The van der Waals surface area contributed by atoms with Gasteiger partial charge in [-0.25, -0.2) is 5.43 Å². The molecular weight excluding hydrogens is 304 g/mol. The molecule has 0 aliphatic heterocycles. The Kier molecular flexibility index (Phi) is 4.82. The summed E-state index contributed by atoms with van der Waals surface area (Å²) in [6.45, 7) is 0. The number of phenols is 1. The number of hydrazone groups is 1. The van der Waals surface area contributed by atoms with Crippen molar-refractivity contribution in [1.82, 2.24) is 10.4 Å². The van der Waals surface area contributed by atoms with Crippen LogP contribution in [0, 0.1) is 10.1 Å². The van der Waals surface area contributed by atoms with Gasteiger partial charge in [-0.1, -0.05) is 6.07 Å². The molecule has 9 heteroatoms. The molecule has 0 fully saturated rings. The number of nitro groups is 1. The second kappa shape index (κ2) is 6.98. The highest BCUT2D eigenvalue weighted by Crippen LogP contribution is 2.36. The van der Waals surface area contributed by atoms with Gasteiger partial charge in [-0.15, -0.1) is 0 Å². The Morgan fingerprint density at radius 1 is 1.48 bits per heavy atom. The number of hydrogen-bond acceptors (Lipinski definition) is 7. The number of carbonyl (C=O) groups is 1. The molecule has 1 aromatic heterocycles. The van der Waals surface area contributed by atoms with Crippen molar-refractivity contribution in [2.24, 2.45) is 5.10 Å². The van der Waals surface area contributed by atoms with Crippen molar-refractivity contribution in [3.63, 3.8) is 0 Å². The number of ether oxygens (including phenoxy) is 1. The molecular formula is C14H12N4O5. The lowest BCUT2D eigenvalue weighted by molar-refractivity contribution is -0.386. The largest absolute Gasteiger partial charge is 0.500 e. The molecule has 0 atom stereocenters. The van der Waals surface area contributed by atoms with E-state index >= 15 is 0 Å². The molecule has 1 amide bonds. The number of rotatable bonds is 5. The Labute approximate surface area is 130 Å². The Hall–Kier alpha value is -3.49. The Morgan fingerprint density at radius 3 is 2.87 bits per heavy atom. The maximum Gasteiger partial charge on any atom is 0.315 e. The fourth-order valence-corrected chi connectivity index (χ4v) is 1.70. The first kappa shape index (κ1) is 15.9. The van der Waals surface area contributed by atoms with Crippen LogP contribution in [0.2, 0.25) is 0 Å². The predicted octanol–water partition coefficient (Wildman–Crippen LogP) is 1.47. The minimum Gasteiger partial charge on any atom is -0.500 e. The van der Waals surface area contributed by atoms with Crippen molar-refractivity contribution in [3.8, 4) is 11.5 Å². The van der Waals surface area contributed by atoms with E-state index in [1.54, 1.807) is 12.1 Å². The maximum absolute atomic E-state index is 11.7. The van der Waals surface area contributed by atoms with Crippen molar-refractivity contribution in [2.75, 3.05) is 7.11 Å². The third-order valence-corrected chi connectivity index (χ3v) is 2.77. The van der Waals surface area contributed by atoms with Crippen LogP contribution in [0.5, 0.6) is 11.5 Å². The summed E-state index contributed by atoms with van der Waals surface area (Å²) in [7, 11) is 1.27. The van der Waals surface area contributed by atoms with Crippen molar-refractivity contribution in [3.05, 3.63) is 57.9 Å². The van der Waals surface area contributed by atoms with Crippen molar-refractivity contribution < 1.29 is 19.6 Å². The van der Waals surface area contributed by atoms with Crippen LogP contribution in [0.4, 0.5) is 5.69 Å². The third-order valence-electron chi connectivity index (χ3n) is 2.77. The van der Waals surface area contributed by atoms with Gasteiger partial charge < -0.3 is 9.84 Å². The minimum atomic E-state index is -0.748. The molecule has 0 saturated carbocycles. The lowest BCUT2D eigenvalue weighted by Gasteiger charge is -2.05. The normalized spacial score (nSPS) is 10.5. The number of aromatic nitrogens is 1. The van der Waals surface area contributed by atoms with E-state index in [1.165, 1.54) is 31.7 Å². The van der Waals surface area contributed by atoms with E-state index in [0.717, 1.165) is 6.07 Å². The van der Waals surface area contributed by atoms with Gasteiger partial charge in [0.1, 0.15) is 5.69 Å². The van der Waals surface area contributed by atoms with Crippen LogP contribution < -0.4 is 10.2 Å². The first-order valence-corrected chi connectivity index (χ1v) is 6.32. The van der Waals surface area contributed by atoms with Crippen molar-refractivity contribution in [1.29, 1.82) is 0 Å². The van der Waals surface area contributed by atoms with E-state index in [0.29, 0.717) is 0 Å². The second-order valence-electron chi connectivity index (χ2n) is 4.26. The average Bonchev–Trinajstić information content (AvgIpc) is 2.56. The minimum absolute atomic E-state index is 0.0725. The van der Waals surface area contributed by atoms with E-state index in [4.69, 9.17) is 4.74 Å². The van der Waals surface area contributed by atoms with Gasteiger partial charge >= 0.3 is 5.69 Å². The van der Waals surface area contributed by atoms with E-state index in [9.17, 15) is 20.0 Å². The van der Waals surface area contributed by atoms with Gasteiger partial charge in [-0.3, -0.25) is 19.9 Å². The van der Waals surface area contributed by atoms with Crippen LogP contribution >= 0.6 is 0 Å². The number of benzene rings is 1. The first-order valence-electron chi connectivity index (χ1n) is 6.32. The molecule has 2 N–H and O–H groups in total. The Bertz CT molecular complexity index is 761. The van der Waals surface area contributed by atoms with Crippen LogP contribution in [-0.4, -0.2) is 34.2 Å². The molecule has 9 nitrogen and oxygen atoms in total. The molecule has 0 spiro atoms. The van der Waals surface area contributed by atoms with E-state index < -0.39 is 22.3 Å². The molecule has 23 heavy (non-hydrogen) atoms. The van der Waals surface area contributed by atoms with Crippen LogP contribution in [0.25, 0.3) is 0 Å². The molecule has 0 unspecified atom stereocenters. The Balaban J connectivity index is 2.18. The zero-order chi connectivity index (χ0) is 16.8. The zero-order valence-electron chi connectivity index (χ0n) is 12.0. The molecule has 0 aliphatic carbocycles. The smallest absolute Gasteiger partial charge is 0.315 e. The highest BCUT2D eigenvalue weighted by atomic mass is 16.6. The predicted molar refractivity (Wildman–Crippen MR) is 80.6 cm³/mol. The maximum atomic E-state index is 11.7. The molecule has 1 aromatic carbocycles. The SMILES string of the molecule is COc1cc(/C=N/NC(=O)c2ccccn2)cc([N+](=O)[O-])c1O. The molecule has 118 valence electrons. The number of amides is 1. The number of phenolic OH excluding ortho intramolecular Hbond substituents is 1. The summed E-state index contributed by atoms with van der Waals surface area (Å²) in [6.07, 6.45) is 2.66. The van der Waals surface area contributed by atoms with E-state index in [1.807, 2.05) is 0 Å². The van der Waals surface area contributed by atoms with Gasteiger partial charge in [0.2, 0.25) is 5.75 Å². The third kappa shape index (κ3) is 3.79. The number of aromatic hydroxyl groups is 1. The van der Waals surface area contributed by atoms with Crippen molar-refractivity contribution in [2.45, 2.75) is 0 Å². The Morgan fingerprint density at radius 2 is 2.26 bits per heavy atom. The van der Waals surface area contributed by atoms with Gasteiger partial charge in [0, 0.05) is 17.8 Å². The number of nitrogens with zero attached hydrogens (tertiary/aromatic N) is 3. The number of methoxy groups -OCH3 is 1. The molecule has 1 heterocycles. The molecule has 0 bridgehead atoms. The van der Waals surface area contributed by atoms with E-state index in [-0.39, 0.29) is 17.0 Å². The van der Waals surface area contributed by atoms with Gasteiger partial charge in [-0.2, -0.15) is 5.10 Å². The average molecular weight is 316 g/mol. The monoisotopic (exact) mass is 316 g/mol. The van der Waals surface area contributed by atoms with Crippen molar-refractivity contribution >= 4 is 17.8 Å². The molecule has 2 aromatic rings. The van der Waals surface area contributed by atoms with Gasteiger partial charge in [0.15, 0.2) is 5.75 Å². The number of nitro benzene ring substituents is 1. The number of carbonyl (C=O) groups excluding carboxylic acids is 1. The number of nitrogens with one attached hydrogen (secondary N) is 1. The van der Waals surface area contributed by atoms with Gasteiger partial charge in [-0.05, 0) is 18.2 Å². The summed E-state index contributed by atoms with van der Waals surface area (Å²) in [5, 5.41) is 24.2. The highest BCUT2D eigenvalue weighted by molar-refractivity contribution is 5.93. The molecule has 2 rings (SSSR count). The van der Waals surface area contributed by atoms with Gasteiger partial charge in [0.25, 0.3) is 5.91 Å². The standard InChI is InChI=1S/C14H12N4O5/c1-23-12-7-9(6-11(13(12)19)18(21)22)8-16-17-14(20)10-4-2-3-5-15-10/h2-8,19H,1H3,(H,17,20)/b16-8+. The summed E-state index contributed by atoms with van der Waals surface area (Å²) >= 11 is 0. The summed E-state index contributed by atoms with van der Waals surface area (Å²) in [6, 6.07) is 7.29. The summed E-state index contributed by atoms with van der Waals surface area (Å²) in [5.41, 5.74) is 2.17. The highest BCUT2D eigenvalue weighted by Gasteiger charge is 2.19. The lowest BCUT2D eigenvalue weighted by Crippen LogP contribution is -2.18. The van der Waals surface area contributed by atoms with Crippen LogP contribution in [-0.2, 0) is 0 Å². The topological polar surface area (TPSA) is 127 Å². The van der Waals surface area contributed by atoms with Gasteiger partial charge in [0.05, 0.1) is 18.2 Å². The summed E-state index contributed by atoms with van der Waals surface area (Å²) in [5.74, 6) is -1.18. The lowest BCUT2D eigenvalue weighted by atomic mass is 10.2. The second-order valence-corrected chi connectivity index (χ2v) is 4.26. The fraction of sp³-hybridized carbons (Fsp3) is 0.0714. The molecule has 0 radical (unpaired) electrons. The summed E-state index contributed by atoms with van der Waals surface area (Å²) < 4.78 is 4.86. The van der Waals surface area contributed by atoms with Crippen LogP contribution in [0.3, 0.4) is 0 Å². The van der Waals surface area contributed by atoms with E-state index in [2.05, 4.69) is 15.5 Å². The zero-order valence-corrected chi connectivity index (χ0v) is 12.0. The first-order chi connectivity index (χ1) is 11.0. The number of hydrogen-bond donors (Lipinski definition) is 2. The number of pyridine rings is 1.